The van der Waals surface area contributed by atoms with E-state index >= 15 is 0 Å². The first kappa shape index (κ1) is 28.6. The lowest BCUT2D eigenvalue weighted by Crippen LogP contribution is -2.68. The minimum atomic E-state index is -0.547. The van der Waals surface area contributed by atoms with Gasteiger partial charge in [-0.25, -0.2) is 0 Å². The number of methoxy groups -OCH3 is 1. The van der Waals surface area contributed by atoms with Crippen LogP contribution in [0.25, 0.3) is 0 Å². The highest BCUT2D eigenvalue weighted by Gasteiger charge is 2.70. The van der Waals surface area contributed by atoms with Crippen molar-refractivity contribution in [2.45, 2.75) is 100 Å². The average molecular weight is 535 g/mol. The Morgan fingerprint density at radius 2 is 1.69 bits per heavy atom. The molecule has 0 saturated heterocycles. The van der Waals surface area contributed by atoms with E-state index in [4.69, 9.17) is 9.73 Å². The van der Waals surface area contributed by atoms with E-state index in [9.17, 15) is 14.9 Å². The van der Waals surface area contributed by atoms with Crippen LogP contribution < -0.4 is 0 Å². The number of esters is 1. The Morgan fingerprint density at radius 3 is 2.31 bits per heavy atom. The van der Waals surface area contributed by atoms with E-state index in [2.05, 4.69) is 67.5 Å². The summed E-state index contributed by atoms with van der Waals surface area (Å²) < 4.78 is 5.36. The van der Waals surface area contributed by atoms with Crippen molar-refractivity contribution in [1.29, 1.82) is 5.26 Å². The van der Waals surface area contributed by atoms with Crippen molar-refractivity contribution in [3.8, 4) is 6.07 Å². The fourth-order valence-corrected chi connectivity index (χ4v) is 11.5. The van der Waals surface area contributed by atoms with Crippen LogP contribution in [0.4, 0.5) is 0 Å². The van der Waals surface area contributed by atoms with Gasteiger partial charge in [-0.05, 0) is 97.2 Å². The number of carbonyl (C=O) groups is 2. The Balaban J connectivity index is 1.66. The zero-order valence-corrected chi connectivity index (χ0v) is 25.8. The number of hydrogen-bond donors (Lipinski definition) is 0. The molecule has 0 aromatic heterocycles. The molecular formula is C34H50N2O3. The smallest absolute Gasteiger partial charge is 0.308 e. The van der Waals surface area contributed by atoms with E-state index in [1.54, 1.807) is 7.11 Å². The molecule has 214 valence electrons. The van der Waals surface area contributed by atoms with Gasteiger partial charge in [0.15, 0.2) is 5.78 Å². The summed E-state index contributed by atoms with van der Waals surface area (Å²) in [5, 5.41) is 10.0. The van der Waals surface area contributed by atoms with E-state index < -0.39 is 5.41 Å². The summed E-state index contributed by atoms with van der Waals surface area (Å²) in [5.41, 5.74) is 1.07. The lowest BCUT2D eigenvalue weighted by Gasteiger charge is -2.71. The molecule has 39 heavy (non-hydrogen) atoms. The van der Waals surface area contributed by atoms with Gasteiger partial charge >= 0.3 is 5.97 Å². The summed E-state index contributed by atoms with van der Waals surface area (Å²) in [6, 6.07) is 2.28. The van der Waals surface area contributed by atoms with Crippen LogP contribution >= 0.6 is 0 Å². The predicted molar refractivity (Wildman–Crippen MR) is 154 cm³/mol. The molecular weight excluding hydrogens is 484 g/mol. The third-order valence-corrected chi connectivity index (χ3v) is 13.2. The number of aliphatic imine (C=N–C) groups is 1. The van der Waals surface area contributed by atoms with E-state index in [0.29, 0.717) is 29.2 Å². The van der Waals surface area contributed by atoms with Crippen LogP contribution in [0.5, 0.6) is 0 Å². The van der Waals surface area contributed by atoms with Crippen LogP contribution in [0.1, 0.15) is 100 Å². The Labute approximate surface area is 236 Å². The van der Waals surface area contributed by atoms with Gasteiger partial charge in [0.25, 0.3) is 0 Å². The van der Waals surface area contributed by atoms with E-state index in [0.717, 1.165) is 51.5 Å². The maximum absolute atomic E-state index is 13.3. The Bertz CT molecular complexity index is 1170. The molecule has 3 unspecified atom stereocenters. The average Bonchev–Trinajstić information content (AvgIpc) is 2.86. The van der Waals surface area contributed by atoms with Gasteiger partial charge < -0.3 is 4.74 Å². The molecule has 0 aromatic rings. The van der Waals surface area contributed by atoms with Gasteiger partial charge in [-0.1, -0.05) is 54.5 Å². The molecule has 5 heteroatoms. The Kier molecular flexibility index (Phi) is 6.61. The van der Waals surface area contributed by atoms with Crippen LogP contribution in [0.2, 0.25) is 0 Å². The van der Waals surface area contributed by atoms with Crippen molar-refractivity contribution in [3.05, 3.63) is 11.6 Å². The zero-order chi connectivity index (χ0) is 28.8. The molecule has 5 nitrogen and oxygen atoms in total. The summed E-state index contributed by atoms with van der Waals surface area (Å²) in [4.78, 5) is 31.7. The molecule has 5 aliphatic carbocycles. The molecule has 0 bridgehead atoms. The van der Waals surface area contributed by atoms with Crippen LogP contribution in [0.3, 0.4) is 0 Å². The second kappa shape index (κ2) is 9.02. The summed E-state index contributed by atoms with van der Waals surface area (Å²) in [5.74, 6) is 1.57. The Hall–Kier alpha value is -1.96. The normalized spacial score (nSPS) is 47.0. The molecule has 0 amide bonds. The molecule has 9 atom stereocenters. The van der Waals surface area contributed by atoms with Gasteiger partial charge in [-0.2, -0.15) is 5.26 Å². The second-order valence-electron chi connectivity index (χ2n) is 15.8. The predicted octanol–water partition coefficient (Wildman–Crippen LogP) is 7.21. The molecule has 0 radical (unpaired) electrons. The van der Waals surface area contributed by atoms with E-state index in [1.165, 1.54) is 5.71 Å². The van der Waals surface area contributed by atoms with Crippen molar-refractivity contribution >= 4 is 17.5 Å². The number of Topliss-reactive ketones (excluding diaryl/α,β-unsaturated/α-hetero) is 1. The van der Waals surface area contributed by atoms with Crippen LogP contribution in [0, 0.1) is 73.9 Å². The quantitative estimate of drug-likeness (QED) is 0.351. The molecule has 0 spiro atoms. The molecule has 0 aliphatic heterocycles. The fraction of sp³-hybridized carbons (Fsp3) is 0.824. The summed E-state index contributed by atoms with van der Waals surface area (Å²) >= 11 is 0. The Morgan fingerprint density at radius 1 is 1.03 bits per heavy atom. The van der Waals surface area contributed by atoms with Crippen molar-refractivity contribution in [2.24, 2.45) is 67.6 Å². The lowest BCUT2D eigenvalue weighted by atomic mass is 9.32. The number of carbonyl (C=O) groups excluding carboxylic acids is 2. The maximum atomic E-state index is 13.3. The second-order valence-corrected chi connectivity index (χ2v) is 15.8. The molecule has 0 heterocycles. The van der Waals surface area contributed by atoms with Crippen molar-refractivity contribution < 1.29 is 14.3 Å². The largest absolute Gasteiger partial charge is 0.469 e. The van der Waals surface area contributed by atoms with Crippen LogP contribution in [-0.4, -0.2) is 31.1 Å². The molecule has 4 fully saturated rings. The minimum absolute atomic E-state index is 0.0113. The number of nitriles is 1. The molecule has 0 N–H and O–H groups in total. The van der Waals surface area contributed by atoms with Crippen LogP contribution in [-0.2, 0) is 14.3 Å². The summed E-state index contributed by atoms with van der Waals surface area (Å²) in [7, 11) is 1.54. The first-order valence-electron chi connectivity index (χ1n) is 15.4. The molecule has 5 aliphatic rings. The number of ether oxygens (including phenoxy) is 1. The maximum Gasteiger partial charge on any atom is 0.308 e. The highest BCUT2D eigenvalue weighted by molar-refractivity contribution is 6.04. The third-order valence-electron chi connectivity index (χ3n) is 13.2. The number of hydrogen-bond acceptors (Lipinski definition) is 5. The fourth-order valence-electron chi connectivity index (χ4n) is 11.5. The van der Waals surface area contributed by atoms with Gasteiger partial charge in [0, 0.05) is 23.6 Å². The summed E-state index contributed by atoms with van der Waals surface area (Å²) in [6.07, 6.45) is 9.26. The first-order valence-corrected chi connectivity index (χ1v) is 15.4. The molecule has 4 saturated carbocycles. The highest BCUT2D eigenvalue weighted by atomic mass is 16.5. The first-order chi connectivity index (χ1) is 18.1. The van der Waals surface area contributed by atoms with Gasteiger partial charge in [-0.3, -0.25) is 14.6 Å². The molecule has 0 aromatic carbocycles. The van der Waals surface area contributed by atoms with Gasteiger partial charge in [0.1, 0.15) is 6.07 Å². The van der Waals surface area contributed by atoms with E-state index in [1.807, 2.05) is 0 Å². The van der Waals surface area contributed by atoms with Gasteiger partial charge in [0.05, 0.1) is 18.6 Å². The minimum Gasteiger partial charge on any atom is -0.469 e. The lowest BCUT2D eigenvalue weighted by molar-refractivity contribution is -0.192. The van der Waals surface area contributed by atoms with Gasteiger partial charge in [-0.15, -0.1) is 0 Å². The number of rotatable bonds is 2. The third kappa shape index (κ3) is 3.78. The van der Waals surface area contributed by atoms with E-state index in [-0.39, 0.29) is 45.2 Å². The molecule has 5 rings (SSSR count). The standard InChI is InChI=1S/C34H50N2O3/c1-10-36-24-15-26-32(6)16-20(19-35)28(37)31(4,5)25(32)12-14-33(26,7)34(8)13-11-21-22(27(24)34)17-30(2,3)18-23(21)29(38)39-9/h16,21-23,25-27H,10-15,17-18H2,1-9H3/t21?,22?,23-,25+,26-,27?,32+,33-,34-/m1/s1. The number of fused-ring (bicyclic) bond motifs is 7. The van der Waals surface area contributed by atoms with Crippen LogP contribution in [0.15, 0.2) is 16.6 Å². The van der Waals surface area contributed by atoms with Crippen molar-refractivity contribution in [2.75, 3.05) is 13.7 Å². The monoisotopic (exact) mass is 534 g/mol. The summed E-state index contributed by atoms with van der Waals surface area (Å²) in [6.45, 7) is 19.1. The number of nitrogens with zero attached hydrogens (tertiary/aromatic N) is 2. The zero-order valence-electron chi connectivity index (χ0n) is 25.8. The van der Waals surface area contributed by atoms with Gasteiger partial charge in [0.2, 0.25) is 0 Å². The highest BCUT2D eigenvalue weighted by Crippen LogP contribution is 2.74. The number of ketones is 1. The SMILES string of the molecule is CCN=C1C[C@@H]2[C@@]3(C)C=C(C#N)C(=O)C(C)(C)[C@@H]3CC[C@@]2(C)[C@]2(C)CCC3C(CC(C)(C)C[C@H]3C(=O)OC)C12. The van der Waals surface area contributed by atoms with Crippen molar-refractivity contribution in [1.82, 2.24) is 0 Å². The number of allylic oxidation sites excluding steroid dienone is 2. The topological polar surface area (TPSA) is 79.5 Å². The van der Waals surface area contributed by atoms with Crippen molar-refractivity contribution in [3.63, 3.8) is 0 Å².